The van der Waals surface area contributed by atoms with Crippen molar-refractivity contribution < 1.29 is 9.53 Å². The maximum Gasteiger partial charge on any atom is 0.328 e. The molecule has 1 aliphatic heterocycles. The standard InChI is InChI=1S/C12H17BrN2O2S/c1-17-12(16)11(10-7-9(13)8-18-10)15-5-2-3-14-4-6-15/h7-8,11,14H,2-6H2,1H3. The van der Waals surface area contributed by atoms with Gasteiger partial charge in [0.2, 0.25) is 0 Å². The Bertz CT molecular complexity index is 403. The Kier molecular flexibility index (Phi) is 5.17. The van der Waals surface area contributed by atoms with E-state index in [0.29, 0.717) is 0 Å². The largest absolute Gasteiger partial charge is 0.468 e. The van der Waals surface area contributed by atoms with Gasteiger partial charge >= 0.3 is 5.97 Å². The number of hydrogen-bond acceptors (Lipinski definition) is 5. The lowest BCUT2D eigenvalue weighted by atomic mass is 10.2. The van der Waals surface area contributed by atoms with Crippen molar-refractivity contribution in [1.29, 1.82) is 0 Å². The highest BCUT2D eigenvalue weighted by Crippen LogP contribution is 2.30. The molecule has 1 atom stereocenters. The van der Waals surface area contributed by atoms with Gasteiger partial charge in [-0.1, -0.05) is 0 Å². The number of rotatable bonds is 3. The summed E-state index contributed by atoms with van der Waals surface area (Å²) in [6.45, 7) is 3.72. The zero-order chi connectivity index (χ0) is 13.0. The molecule has 18 heavy (non-hydrogen) atoms. The van der Waals surface area contributed by atoms with Crippen LogP contribution in [0.4, 0.5) is 0 Å². The molecule has 1 aromatic rings. The van der Waals surface area contributed by atoms with Crippen LogP contribution in [-0.2, 0) is 9.53 Å². The first-order chi connectivity index (χ1) is 8.72. The van der Waals surface area contributed by atoms with Crippen LogP contribution in [0.15, 0.2) is 15.9 Å². The summed E-state index contributed by atoms with van der Waals surface area (Å²) in [5.41, 5.74) is 0. The molecule has 1 N–H and O–H groups in total. The quantitative estimate of drug-likeness (QED) is 0.860. The first-order valence-electron chi connectivity index (χ1n) is 5.99. The van der Waals surface area contributed by atoms with Gasteiger partial charge in [-0.05, 0) is 35.0 Å². The summed E-state index contributed by atoms with van der Waals surface area (Å²) in [5, 5.41) is 5.35. The van der Waals surface area contributed by atoms with Gasteiger partial charge in [-0.2, -0.15) is 0 Å². The number of methoxy groups -OCH3 is 1. The van der Waals surface area contributed by atoms with E-state index in [1.165, 1.54) is 7.11 Å². The summed E-state index contributed by atoms with van der Waals surface area (Å²) in [4.78, 5) is 15.3. The molecule has 1 aliphatic rings. The predicted octanol–water partition coefficient (Wildman–Crippen LogP) is 2.02. The fourth-order valence-corrected chi connectivity index (χ4v) is 3.72. The molecule has 1 unspecified atom stereocenters. The Morgan fingerprint density at radius 2 is 2.39 bits per heavy atom. The normalized spacial score (nSPS) is 19.2. The molecule has 0 radical (unpaired) electrons. The lowest BCUT2D eigenvalue weighted by molar-refractivity contribution is -0.147. The Hall–Kier alpha value is -0.430. The lowest BCUT2D eigenvalue weighted by Gasteiger charge is -2.27. The molecule has 2 rings (SSSR count). The zero-order valence-electron chi connectivity index (χ0n) is 10.3. The summed E-state index contributed by atoms with van der Waals surface area (Å²) < 4.78 is 5.98. The van der Waals surface area contributed by atoms with Crippen LogP contribution in [0.1, 0.15) is 17.3 Å². The van der Waals surface area contributed by atoms with Crippen LogP contribution in [0.3, 0.4) is 0 Å². The Morgan fingerprint density at radius 1 is 1.56 bits per heavy atom. The zero-order valence-corrected chi connectivity index (χ0v) is 12.7. The van der Waals surface area contributed by atoms with E-state index < -0.39 is 0 Å². The molecule has 1 aromatic heterocycles. The SMILES string of the molecule is COC(=O)C(c1cc(Br)cs1)N1CCCNCC1. The van der Waals surface area contributed by atoms with Crippen molar-refractivity contribution in [2.45, 2.75) is 12.5 Å². The van der Waals surface area contributed by atoms with Crippen LogP contribution in [0.25, 0.3) is 0 Å². The molecule has 1 fully saturated rings. The second-order valence-electron chi connectivity index (χ2n) is 4.23. The Labute approximate surface area is 119 Å². The minimum atomic E-state index is -0.272. The van der Waals surface area contributed by atoms with Gasteiger partial charge in [0.25, 0.3) is 0 Å². The highest BCUT2D eigenvalue weighted by atomic mass is 79.9. The van der Waals surface area contributed by atoms with Crippen LogP contribution in [0, 0.1) is 0 Å². The predicted molar refractivity (Wildman–Crippen MR) is 75.8 cm³/mol. The van der Waals surface area contributed by atoms with E-state index >= 15 is 0 Å². The van der Waals surface area contributed by atoms with E-state index in [-0.39, 0.29) is 12.0 Å². The Balaban J connectivity index is 2.21. The molecule has 6 heteroatoms. The molecular formula is C12H17BrN2O2S. The van der Waals surface area contributed by atoms with E-state index in [1.54, 1.807) is 11.3 Å². The summed E-state index contributed by atoms with van der Waals surface area (Å²) in [5.74, 6) is -0.175. The lowest BCUT2D eigenvalue weighted by Crippen LogP contribution is -2.36. The van der Waals surface area contributed by atoms with Gasteiger partial charge in [-0.15, -0.1) is 11.3 Å². The molecule has 0 aliphatic carbocycles. The van der Waals surface area contributed by atoms with E-state index in [4.69, 9.17) is 4.74 Å². The van der Waals surface area contributed by atoms with E-state index in [2.05, 4.69) is 26.1 Å². The smallest absolute Gasteiger partial charge is 0.328 e. The Morgan fingerprint density at radius 3 is 3.06 bits per heavy atom. The van der Waals surface area contributed by atoms with Crippen molar-refractivity contribution in [3.05, 3.63) is 20.8 Å². The van der Waals surface area contributed by atoms with Crippen molar-refractivity contribution in [2.75, 3.05) is 33.3 Å². The summed E-state index contributed by atoms with van der Waals surface area (Å²) in [6, 6.07) is 1.73. The number of hydrogen-bond donors (Lipinski definition) is 1. The molecule has 2 heterocycles. The van der Waals surface area contributed by atoms with Crippen molar-refractivity contribution in [3.8, 4) is 0 Å². The highest BCUT2D eigenvalue weighted by Gasteiger charge is 2.30. The molecule has 0 aromatic carbocycles. The van der Waals surface area contributed by atoms with Crippen LogP contribution >= 0.6 is 27.3 Å². The summed E-state index contributed by atoms with van der Waals surface area (Å²) in [7, 11) is 1.45. The van der Waals surface area contributed by atoms with Crippen LogP contribution in [0.5, 0.6) is 0 Å². The monoisotopic (exact) mass is 332 g/mol. The van der Waals surface area contributed by atoms with Crippen molar-refractivity contribution in [1.82, 2.24) is 10.2 Å². The summed E-state index contributed by atoms with van der Waals surface area (Å²) >= 11 is 5.03. The van der Waals surface area contributed by atoms with E-state index in [1.807, 2.05) is 11.4 Å². The minimum absolute atomic E-state index is 0.175. The first kappa shape index (κ1) is 14.0. The van der Waals surface area contributed by atoms with Gasteiger partial charge in [0, 0.05) is 34.4 Å². The first-order valence-corrected chi connectivity index (χ1v) is 7.66. The van der Waals surface area contributed by atoms with Crippen LogP contribution in [0.2, 0.25) is 0 Å². The summed E-state index contributed by atoms with van der Waals surface area (Å²) in [6.07, 6.45) is 1.06. The molecule has 0 spiro atoms. The van der Waals surface area contributed by atoms with Crippen molar-refractivity contribution in [3.63, 3.8) is 0 Å². The maximum absolute atomic E-state index is 12.0. The number of carbonyl (C=O) groups excluding carboxylic acids is 1. The van der Waals surface area contributed by atoms with Crippen LogP contribution in [-0.4, -0.2) is 44.2 Å². The van der Waals surface area contributed by atoms with Gasteiger partial charge in [0.05, 0.1) is 7.11 Å². The third-order valence-electron chi connectivity index (χ3n) is 3.02. The van der Waals surface area contributed by atoms with Crippen molar-refractivity contribution in [2.24, 2.45) is 0 Å². The number of esters is 1. The maximum atomic E-state index is 12.0. The number of nitrogens with zero attached hydrogens (tertiary/aromatic N) is 1. The van der Waals surface area contributed by atoms with Crippen molar-refractivity contribution >= 4 is 33.2 Å². The molecular weight excluding hydrogens is 316 g/mol. The second-order valence-corrected chi connectivity index (χ2v) is 6.09. The fourth-order valence-electron chi connectivity index (χ4n) is 2.15. The number of ether oxygens (including phenoxy) is 1. The topological polar surface area (TPSA) is 41.6 Å². The van der Waals surface area contributed by atoms with Gasteiger partial charge in [0.15, 0.2) is 0 Å². The number of halogens is 1. The average molecular weight is 333 g/mol. The van der Waals surface area contributed by atoms with E-state index in [9.17, 15) is 4.79 Å². The fraction of sp³-hybridized carbons (Fsp3) is 0.583. The van der Waals surface area contributed by atoms with Gasteiger partial charge in [-0.3, -0.25) is 4.90 Å². The number of nitrogens with one attached hydrogen (secondary N) is 1. The minimum Gasteiger partial charge on any atom is -0.468 e. The van der Waals surface area contributed by atoms with Gasteiger partial charge in [-0.25, -0.2) is 4.79 Å². The molecule has 1 saturated heterocycles. The second kappa shape index (κ2) is 6.65. The molecule has 0 saturated carbocycles. The molecule has 0 bridgehead atoms. The number of carbonyl (C=O) groups is 1. The molecule has 4 nitrogen and oxygen atoms in total. The number of thiophene rings is 1. The third kappa shape index (κ3) is 3.32. The van der Waals surface area contributed by atoms with Gasteiger partial charge in [0.1, 0.15) is 6.04 Å². The third-order valence-corrected chi connectivity index (χ3v) is 4.77. The van der Waals surface area contributed by atoms with E-state index in [0.717, 1.165) is 41.9 Å². The molecule has 100 valence electrons. The average Bonchev–Trinajstić information content (AvgIpc) is 2.64. The highest BCUT2D eigenvalue weighted by molar-refractivity contribution is 9.10. The van der Waals surface area contributed by atoms with Gasteiger partial charge < -0.3 is 10.1 Å². The van der Waals surface area contributed by atoms with Crippen LogP contribution < -0.4 is 5.32 Å². The molecule has 0 amide bonds.